The van der Waals surface area contributed by atoms with Crippen LogP contribution in [0.2, 0.25) is 0 Å². The van der Waals surface area contributed by atoms with E-state index in [1.54, 1.807) is 12.1 Å². The first kappa shape index (κ1) is 15.8. The molecule has 1 aromatic heterocycles. The molecule has 2 heterocycles. The SMILES string of the molecule is CC(C)N1CCCC[C@H]1CCNc1ccc(C(N)=O)cn1. The number of nitrogens with zero attached hydrogens (tertiary/aromatic N) is 2. The van der Waals surface area contributed by atoms with Crippen LogP contribution in [0.4, 0.5) is 5.82 Å². The maximum Gasteiger partial charge on any atom is 0.250 e. The van der Waals surface area contributed by atoms with Crippen molar-refractivity contribution in [2.24, 2.45) is 5.73 Å². The van der Waals surface area contributed by atoms with E-state index in [1.165, 1.54) is 32.0 Å². The van der Waals surface area contributed by atoms with Gasteiger partial charge in [0.05, 0.1) is 5.56 Å². The van der Waals surface area contributed by atoms with E-state index in [2.05, 4.69) is 29.0 Å². The minimum Gasteiger partial charge on any atom is -0.370 e. The number of hydrogen-bond donors (Lipinski definition) is 2. The van der Waals surface area contributed by atoms with Gasteiger partial charge in [0.1, 0.15) is 5.82 Å². The van der Waals surface area contributed by atoms with E-state index in [0.717, 1.165) is 18.8 Å². The van der Waals surface area contributed by atoms with E-state index in [-0.39, 0.29) is 0 Å². The molecule has 1 fully saturated rings. The molecule has 1 aliphatic rings. The van der Waals surface area contributed by atoms with Crippen LogP contribution >= 0.6 is 0 Å². The highest BCUT2D eigenvalue weighted by Crippen LogP contribution is 2.21. The van der Waals surface area contributed by atoms with Gasteiger partial charge in [-0.05, 0) is 51.8 Å². The Morgan fingerprint density at radius 2 is 2.29 bits per heavy atom. The molecule has 1 atom stereocenters. The van der Waals surface area contributed by atoms with Crippen molar-refractivity contribution in [1.82, 2.24) is 9.88 Å². The van der Waals surface area contributed by atoms with Crippen LogP contribution in [0.15, 0.2) is 18.3 Å². The summed E-state index contributed by atoms with van der Waals surface area (Å²) in [5.41, 5.74) is 5.64. The van der Waals surface area contributed by atoms with Gasteiger partial charge >= 0.3 is 0 Å². The highest BCUT2D eigenvalue weighted by atomic mass is 16.1. The second-order valence-electron chi connectivity index (χ2n) is 5.99. The van der Waals surface area contributed by atoms with Crippen LogP contribution in [0.25, 0.3) is 0 Å². The van der Waals surface area contributed by atoms with Crippen LogP contribution in [0.1, 0.15) is 49.9 Å². The van der Waals surface area contributed by atoms with Crippen molar-refractivity contribution in [3.8, 4) is 0 Å². The van der Waals surface area contributed by atoms with Crippen molar-refractivity contribution in [3.63, 3.8) is 0 Å². The number of carbonyl (C=O) groups excluding carboxylic acids is 1. The number of nitrogens with two attached hydrogens (primary N) is 1. The molecule has 1 aromatic rings. The minimum atomic E-state index is -0.441. The molecule has 3 N–H and O–H groups in total. The molecule has 0 radical (unpaired) electrons. The number of rotatable bonds is 6. The summed E-state index contributed by atoms with van der Waals surface area (Å²) in [5.74, 6) is 0.357. The van der Waals surface area contributed by atoms with Crippen LogP contribution in [-0.4, -0.2) is 41.0 Å². The fraction of sp³-hybridized carbons (Fsp3) is 0.625. The molecule has 0 spiro atoms. The second kappa shape index (κ2) is 7.41. The Labute approximate surface area is 126 Å². The molecule has 1 saturated heterocycles. The van der Waals surface area contributed by atoms with Crippen molar-refractivity contribution in [2.45, 2.75) is 51.6 Å². The highest BCUT2D eigenvalue weighted by Gasteiger charge is 2.23. The van der Waals surface area contributed by atoms with Gasteiger partial charge in [-0.15, -0.1) is 0 Å². The molecule has 2 rings (SSSR count). The maximum absolute atomic E-state index is 11.0. The molecule has 21 heavy (non-hydrogen) atoms. The van der Waals surface area contributed by atoms with Gasteiger partial charge in [-0.1, -0.05) is 6.42 Å². The van der Waals surface area contributed by atoms with E-state index in [4.69, 9.17) is 5.73 Å². The van der Waals surface area contributed by atoms with Crippen LogP contribution in [0.3, 0.4) is 0 Å². The largest absolute Gasteiger partial charge is 0.370 e. The highest BCUT2D eigenvalue weighted by molar-refractivity contribution is 5.92. The van der Waals surface area contributed by atoms with E-state index < -0.39 is 5.91 Å². The topological polar surface area (TPSA) is 71.2 Å². The molecule has 0 unspecified atom stereocenters. The number of hydrogen-bond acceptors (Lipinski definition) is 4. The van der Waals surface area contributed by atoms with Gasteiger partial charge in [-0.3, -0.25) is 9.69 Å². The average Bonchev–Trinajstić information content (AvgIpc) is 2.48. The van der Waals surface area contributed by atoms with Crippen molar-refractivity contribution in [3.05, 3.63) is 23.9 Å². The Bertz CT molecular complexity index is 458. The Morgan fingerprint density at radius 3 is 2.90 bits per heavy atom. The summed E-state index contributed by atoms with van der Waals surface area (Å²) < 4.78 is 0. The Hall–Kier alpha value is -1.62. The van der Waals surface area contributed by atoms with Crippen molar-refractivity contribution in [1.29, 1.82) is 0 Å². The van der Waals surface area contributed by atoms with Crippen molar-refractivity contribution >= 4 is 11.7 Å². The van der Waals surface area contributed by atoms with E-state index >= 15 is 0 Å². The Kier molecular flexibility index (Phi) is 5.56. The van der Waals surface area contributed by atoms with Gasteiger partial charge in [0.25, 0.3) is 0 Å². The molecule has 116 valence electrons. The van der Waals surface area contributed by atoms with Crippen molar-refractivity contribution in [2.75, 3.05) is 18.4 Å². The number of pyridine rings is 1. The fourth-order valence-electron chi connectivity index (χ4n) is 3.02. The van der Waals surface area contributed by atoms with E-state index in [0.29, 0.717) is 17.6 Å². The molecular weight excluding hydrogens is 264 g/mol. The lowest BCUT2D eigenvalue weighted by molar-refractivity contribution is 0.1000. The number of anilines is 1. The number of amides is 1. The van der Waals surface area contributed by atoms with Gasteiger partial charge in [0, 0.05) is 24.8 Å². The van der Waals surface area contributed by atoms with E-state index in [9.17, 15) is 4.79 Å². The van der Waals surface area contributed by atoms with Gasteiger partial charge < -0.3 is 11.1 Å². The lowest BCUT2D eigenvalue weighted by Crippen LogP contribution is -2.44. The quantitative estimate of drug-likeness (QED) is 0.843. The molecular formula is C16H26N4O. The summed E-state index contributed by atoms with van der Waals surface area (Å²) in [6, 6.07) is 4.79. The number of nitrogens with one attached hydrogen (secondary N) is 1. The third-order valence-electron chi connectivity index (χ3n) is 4.17. The first-order valence-corrected chi connectivity index (χ1v) is 7.83. The van der Waals surface area contributed by atoms with Crippen LogP contribution < -0.4 is 11.1 Å². The Balaban J connectivity index is 1.81. The van der Waals surface area contributed by atoms with Gasteiger partial charge in [0.2, 0.25) is 5.91 Å². The van der Waals surface area contributed by atoms with E-state index in [1.807, 2.05) is 0 Å². The predicted molar refractivity (Wildman–Crippen MR) is 85.3 cm³/mol. The smallest absolute Gasteiger partial charge is 0.250 e. The summed E-state index contributed by atoms with van der Waals surface area (Å²) in [6.45, 7) is 6.66. The molecule has 1 amide bonds. The van der Waals surface area contributed by atoms with Gasteiger partial charge in [0.15, 0.2) is 0 Å². The summed E-state index contributed by atoms with van der Waals surface area (Å²) >= 11 is 0. The summed E-state index contributed by atoms with van der Waals surface area (Å²) in [6.07, 6.45) is 6.58. The number of likely N-dealkylation sites (tertiary alicyclic amines) is 1. The summed E-state index contributed by atoms with van der Waals surface area (Å²) in [4.78, 5) is 17.8. The molecule has 5 heteroatoms. The van der Waals surface area contributed by atoms with Gasteiger partial charge in [-0.25, -0.2) is 4.98 Å². The summed E-state index contributed by atoms with van der Waals surface area (Å²) in [5, 5.41) is 3.33. The third-order valence-corrected chi connectivity index (χ3v) is 4.17. The van der Waals surface area contributed by atoms with Gasteiger partial charge in [-0.2, -0.15) is 0 Å². The fourth-order valence-corrected chi connectivity index (χ4v) is 3.02. The number of primary amides is 1. The zero-order chi connectivity index (χ0) is 15.2. The normalized spacial score (nSPS) is 19.7. The first-order valence-electron chi connectivity index (χ1n) is 7.83. The minimum absolute atomic E-state index is 0.441. The zero-order valence-electron chi connectivity index (χ0n) is 13.0. The zero-order valence-corrected chi connectivity index (χ0v) is 13.0. The standard InChI is InChI=1S/C16H26N4O/c1-12(2)20-10-4-3-5-14(20)8-9-18-15-7-6-13(11-19-15)16(17)21/h6-7,11-12,14H,3-5,8-10H2,1-2H3,(H2,17,21)(H,18,19)/t14-/m0/s1. The molecule has 1 aliphatic heterocycles. The maximum atomic E-state index is 11.0. The lowest BCUT2D eigenvalue weighted by atomic mass is 9.98. The molecule has 0 aliphatic carbocycles. The number of piperidine rings is 1. The monoisotopic (exact) mass is 290 g/mol. The second-order valence-corrected chi connectivity index (χ2v) is 5.99. The number of aromatic nitrogens is 1. The molecule has 5 nitrogen and oxygen atoms in total. The molecule has 0 saturated carbocycles. The Morgan fingerprint density at radius 1 is 1.48 bits per heavy atom. The average molecular weight is 290 g/mol. The first-order chi connectivity index (χ1) is 10.1. The summed E-state index contributed by atoms with van der Waals surface area (Å²) in [7, 11) is 0. The molecule has 0 bridgehead atoms. The predicted octanol–water partition coefficient (Wildman–Crippen LogP) is 2.25. The number of carbonyl (C=O) groups is 1. The molecule has 0 aromatic carbocycles. The lowest BCUT2D eigenvalue weighted by Gasteiger charge is -2.38. The van der Waals surface area contributed by atoms with Crippen LogP contribution in [0, 0.1) is 0 Å². The third kappa shape index (κ3) is 4.43. The van der Waals surface area contributed by atoms with Crippen molar-refractivity contribution < 1.29 is 4.79 Å². The van der Waals surface area contributed by atoms with Crippen LogP contribution in [-0.2, 0) is 0 Å². The van der Waals surface area contributed by atoms with Crippen LogP contribution in [0.5, 0.6) is 0 Å².